The van der Waals surface area contributed by atoms with Crippen molar-refractivity contribution < 1.29 is 4.74 Å². The fraction of sp³-hybridized carbons (Fsp3) is 0.545. The molecule has 3 atom stereocenters. The minimum absolute atomic E-state index is 0.352. The van der Waals surface area contributed by atoms with Gasteiger partial charge in [0.2, 0.25) is 0 Å². The highest BCUT2D eigenvalue weighted by atomic mass is 16.5. The van der Waals surface area contributed by atoms with Gasteiger partial charge in [0.15, 0.2) is 0 Å². The summed E-state index contributed by atoms with van der Waals surface area (Å²) in [7, 11) is 0. The van der Waals surface area contributed by atoms with Gasteiger partial charge in [0.1, 0.15) is 12.4 Å². The average Bonchev–Trinajstić information content (AvgIpc) is 2.62. The zero-order chi connectivity index (χ0) is 16.6. The molecule has 0 spiro atoms. The summed E-state index contributed by atoms with van der Waals surface area (Å²) in [5.74, 6) is 4.31. The molecular weight excluding hydrogens is 294 g/mol. The highest BCUT2D eigenvalue weighted by Crippen LogP contribution is 2.56. The molecule has 3 aliphatic rings. The van der Waals surface area contributed by atoms with Gasteiger partial charge in [0.05, 0.1) is 0 Å². The minimum Gasteiger partial charge on any atom is -0.481 e. The van der Waals surface area contributed by atoms with Crippen LogP contribution in [0.4, 0.5) is 0 Å². The second kappa shape index (κ2) is 6.30. The normalized spacial score (nSPS) is 31.5. The van der Waals surface area contributed by atoms with E-state index in [2.05, 4.69) is 41.7 Å². The molecule has 0 N–H and O–H groups in total. The minimum atomic E-state index is 0.352. The third-order valence-corrected chi connectivity index (χ3v) is 6.61. The predicted molar refractivity (Wildman–Crippen MR) is 98.3 cm³/mol. The molecular formula is C22H27NO. The van der Waals surface area contributed by atoms with Crippen LogP contribution in [0.15, 0.2) is 30.9 Å². The summed E-state index contributed by atoms with van der Waals surface area (Å²) >= 11 is 0. The molecule has 0 amide bonds. The van der Waals surface area contributed by atoms with E-state index in [0.717, 1.165) is 18.2 Å². The van der Waals surface area contributed by atoms with Gasteiger partial charge in [-0.05, 0) is 61.4 Å². The largest absolute Gasteiger partial charge is 0.481 e. The zero-order valence-corrected chi connectivity index (χ0v) is 14.5. The smallest absolute Gasteiger partial charge is 0.148 e. The van der Waals surface area contributed by atoms with Crippen LogP contribution in [0.25, 0.3) is 0 Å². The molecule has 1 aromatic rings. The van der Waals surface area contributed by atoms with Gasteiger partial charge in [-0.2, -0.15) is 0 Å². The maximum atomic E-state index is 5.74. The van der Waals surface area contributed by atoms with Gasteiger partial charge in [-0.1, -0.05) is 30.9 Å². The lowest BCUT2D eigenvalue weighted by molar-refractivity contribution is -0.00519. The van der Waals surface area contributed by atoms with Gasteiger partial charge < -0.3 is 4.74 Å². The molecule has 126 valence electrons. The van der Waals surface area contributed by atoms with Crippen LogP contribution in [-0.2, 0) is 11.8 Å². The molecule has 24 heavy (non-hydrogen) atoms. The predicted octanol–water partition coefficient (Wildman–Crippen LogP) is 3.94. The number of hydrogen-bond acceptors (Lipinski definition) is 2. The highest BCUT2D eigenvalue weighted by molar-refractivity contribution is 5.45. The van der Waals surface area contributed by atoms with E-state index >= 15 is 0 Å². The van der Waals surface area contributed by atoms with Gasteiger partial charge in [-0.3, -0.25) is 4.90 Å². The Bertz CT molecular complexity index is 673. The number of nitrogens with zero attached hydrogens (tertiary/aromatic N) is 1. The van der Waals surface area contributed by atoms with E-state index in [4.69, 9.17) is 11.2 Å². The molecule has 2 fully saturated rings. The van der Waals surface area contributed by atoms with Gasteiger partial charge in [-0.15, -0.1) is 13.0 Å². The Morgan fingerprint density at radius 1 is 1.38 bits per heavy atom. The van der Waals surface area contributed by atoms with Crippen molar-refractivity contribution in [2.45, 2.75) is 50.0 Å². The summed E-state index contributed by atoms with van der Waals surface area (Å²) in [6, 6.07) is 7.38. The summed E-state index contributed by atoms with van der Waals surface area (Å²) in [5, 5.41) is 0. The Balaban J connectivity index is 1.75. The molecule has 1 aromatic carbocycles. The number of likely N-dealkylation sites (tertiary alicyclic amines) is 1. The van der Waals surface area contributed by atoms with Crippen LogP contribution < -0.4 is 4.74 Å². The molecule has 3 unspecified atom stereocenters. The number of ether oxygens (including phenoxy) is 1. The fourth-order valence-corrected chi connectivity index (χ4v) is 5.67. The quantitative estimate of drug-likeness (QED) is 0.615. The summed E-state index contributed by atoms with van der Waals surface area (Å²) < 4.78 is 5.74. The van der Waals surface area contributed by atoms with Crippen LogP contribution in [0, 0.1) is 18.3 Å². The molecule has 2 heteroatoms. The molecule has 2 aliphatic carbocycles. The molecule has 1 heterocycles. The van der Waals surface area contributed by atoms with E-state index < -0.39 is 0 Å². The number of rotatable bonds is 4. The van der Waals surface area contributed by atoms with Crippen LogP contribution in [0.5, 0.6) is 5.75 Å². The lowest BCUT2D eigenvalue weighted by Gasteiger charge is -2.59. The second-order valence-electron chi connectivity index (χ2n) is 7.63. The summed E-state index contributed by atoms with van der Waals surface area (Å²) in [6.07, 6.45) is 15.3. The summed E-state index contributed by atoms with van der Waals surface area (Å²) in [5.41, 5.74) is 3.46. The molecule has 1 saturated carbocycles. The van der Waals surface area contributed by atoms with Crippen molar-refractivity contribution in [3.8, 4) is 18.1 Å². The first-order valence-corrected chi connectivity index (χ1v) is 9.33. The van der Waals surface area contributed by atoms with Crippen LogP contribution in [0.3, 0.4) is 0 Å². The highest BCUT2D eigenvalue weighted by Gasteiger charge is 2.53. The number of benzene rings is 1. The third kappa shape index (κ3) is 2.38. The number of piperidine rings is 1. The number of terminal acetylenes is 1. The Morgan fingerprint density at radius 3 is 3.12 bits per heavy atom. The van der Waals surface area contributed by atoms with Crippen molar-refractivity contribution in [3.05, 3.63) is 42.0 Å². The first-order chi connectivity index (χ1) is 11.8. The van der Waals surface area contributed by atoms with Crippen LogP contribution in [0.2, 0.25) is 0 Å². The van der Waals surface area contributed by atoms with Crippen molar-refractivity contribution in [2.75, 3.05) is 19.7 Å². The Hall–Kier alpha value is -1.72. The van der Waals surface area contributed by atoms with Crippen LogP contribution >= 0.6 is 0 Å². The monoisotopic (exact) mass is 321 g/mol. The lowest BCUT2D eigenvalue weighted by atomic mass is 9.52. The maximum Gasteiger partial charge on any atom is 0.148 e. The van der Waals surface area contributed by atoms with Crippen molar-refractivity contribution in [2.24, 2.45) is 5.92 Å². The molecule has 2 nitrogen and oxygen atoms in total. The summed E-state index contributed by atoms with van der Waals surface area (Å²) in [6.45, 7) is 6.55. The number of hydrogen-bond donors (Lipinski definition) is 0. The van der Waals surface area contributed by atoms with Crippen molar-refractivity contribution in [1.82, 2.24) is 4.90 Å². The molecule has 2 bridgehead atoms. The molecule has 0 aromatic heterocycles. The van der Waals surface area contributed by atoms with E-state index in [-0.39, 0.29) is 0 Å². The standard InChI is InChI=1S/C22H27NO/c1-3-12-23-13-11-22-10-6-5-7-19(22)21(23)15-17-8-9-18(16-20(17)22)24-14-4-2/h2-3,8-9,16,19,21H,1,5-7,10-15H2. The maximum absolute atomic E-state index is 5.74. The van der Waals surface area contributed by atoms with E-state index in [9.17, 15) is 0 Å². The van der Waals surface area contributed by atoms with Crippen LogP contribution in [0.1, 0.15) is 43.2 Å². The zero-order valence-electron chi connectivity index (χ0n) is 14.5. The lowest BCUT2D eigenvalue weighted by Crippen LogP contribution is -2.60. The number of fused-ring (bicyclic) bond motifs is 1. The molecule has 1 saturated heterocycles. The topological polar surface area (TPSA) is 12.5 Å². The Morgan fingerprint density at radius 2 is 2.29 bits per heavy atom. The fourth-order valence-electron chi connectivity index (χ4n) is 5.67. The average molecular weight is 321 g/mol. The Labute approximate surface area is 145 Å². The first-order valence-electron chi connectivity index (χ1n) is 9.33. The van der Waals surface area contributed by atoms with Gasteiger partial charge in [0, 0.05) is 18.0 Å². The van der Waals surface area contributed by atoms with Crippen molar-refractivity contribution in [3.63, 3.8) is 0 Å². The second-order valence-corrected chi connectivity index (χ2v) is 7.63. The third-order valence-electron chi connectivity index (χ3n) is 6.61. The first kappa shape index (κ1) is 15.8. The van der Waals surface area contributed by atoms with E-state index in [1.807, 2.05) is 0 Å². The molecule has 0 radical (unpaired) electrons. The van der Waals surface area contributed by atoms with Crippen LogP contribution in [-0.4, -0.2) is 30.6 Å². The van der Waals surface area contributed by atoms with E-state index in [1.54, 1.807) is 5.56 Å². The van der Waals surface area contributed by atoms with Crippen molar-refractivity contribution >= 4 is 0 Å². The SMILES string of the molecule is C#CCOc1ccc2c(c1)C13CCCCC1C(C2)N(CC=C)CC3. The van der Waals surface area contributed by atoms with Gasteiger partial charge in [-0.25, -0.2) is 0 Å². The van der Waals surface area contributed by atoms with Crippen molar-refractivity contribution in [1.29, 1.82) is 0 Å². The Kier molecular flexibility index (Phi) is 4.14. The van der Waals surface area contributed by atoms with E-state index in [1.165, 1.54) is 50.6 Å². The van der Waals surface area contributed by atoms with Gasteiger partial charge in [0.25, 0.3) is 0 Å². The van der Waals surface area contributed by atoms with E-state index in [0.29, 0.717) is 18.1 Å². The molecule has 1 aliphatic heterocycles. The summed E-state index contributed by atoms with van der Waals surface area (Å²) in [4.78, 5) is 2.67. The van der Waals surface area contributed by atoms with Gasteiger partial charge >= 0.3 is 0 Å². The molecule has 4 rings (SSSR count).